The van der Waals surface area contributed by atoms with Crippen LogP contribution in [-0.2, 0) is 26.0 Å². The van der Waals surface area contributed by atoms with Gasteiger partial charge in [-0.15, -0.1) is 0 Å². The molecule has 0 saturated heterocycles. The minimum absolute atomic E-state index is 0.0419. The summed E-state index contributed by atoms with van der Waals surface area (Å²) in [5.74, 6) is -1.72. The number of ketones is 1. The maximum atomic E-state index is 11.4. The molecule has 19 heavy (non-hydrogen) atoms. The summed E-state index contributed by atoms with van der Waals surface area (Å²) >= 11 is 5.68. The van der Waals surface area contributed by atoms with E-state index < -0.39 is 21.8 Å². The van der Waals surface area contributed by atoms with Crippen LogP contribution in [0.15, 0.2) is 35.2 Å². The topological polar surface area (TPSA) is 115 Å². The lowest BCUT2D eigenvalue weighted by Gasteiger charge is -2.04. The summed E-state index contributed by atoms with van der Waals surface area (Å²) in [6, 6.07) is 3.96. The maximum Gasteiger partial charge on any atom is 0.328 e. The number of hydrogen-bond donors (Lipinski definition) is 2. The molecule has 0 aromatic heterocycles. The van der Waals surface area contributed by atoms with Gasteiger partial charge >= 0.3 is 5.97 Å². The molecular formula is C11H10ClNO5S. The van der Waals surface area contributed by atoms with E-state index in [1.54, 1.807) is 0 Å². The number of carbonyl (C=O) groups is 2. The zero-order valence-electron chi connectivity index (χ0n) is 9.54. The van der Waals surface area contributed by atoms with Gasteiger partial charge in [0.1, 0.15) is 4.90 Å². The fourth-order valence-electron chi connectivity index (χ4n) is 1.30. The number of carboxylic acid groups (broad SMARTS) is 1. The molecular weight excluding hydrogens is 294 g/mol. The molecule has 0 aliphatic carbocycles. The minimum Gasteiger partial charge on any atom is -0.478 e. The van der Waals surface area contributed by atoms with Gasteiger partial charge in [-0.05, 0) is 23.8 Å². The molecule has 0 atom stereocenters. The Morgan fingerprint density at radius 1 is 1.32 bits per heavy atom. The molecule has 0 fully saturated rings. The Hall–Kier alpha value is -1.70. The molecule has 0 bridgehead atoms. The number of nitrogens with two attached hydrogens (primary N) is 1. The Morgan fingerprint density at radius 3 is 2.47 bits per heavy atom. The van der Waals surface area contributed by atoms with E-state index >= 15 is 0 Å². The molecule has 8 heteroatoms. The Labute approximate surface area is 114 Å². The molecule has 1 aromatic rings. The minimum atomic E-state index is -3.97. The van der Waals surface area contributed by atoms with Crippen molar-refractivity contribution < 1.29 is 23.1 Å². The van der Waals surface area contributed by atoms with Gasteiger partial charge in [-0.1, -0.05) is 17.7 Å². The Morgan fingerprint density at radius 2 is 1.95 bits per heavy atom. The molecule has 0 unspecified atom stereocenters. The molecule has 0 spiro atoms. The van der Waals surface area contributed by atoms with Crippen LogP contribution in [0.25, 0.3) is 0 Å². The summed E-state index contributed by atoms with van der Waals surface area (Å²) in [7, 11) is -3.97. The van der Waals surface area contributed by atoms with E-state index in [2.05, 4.69) is 0 Å². The number of aliphatic carboxylic acids is 1. The number of carboxylic acids is 1. The van der Waals surface area contributed by atoms with Crippen molar-refractivity contribution in [3.05, 3.63) is 40.9 Å². The fraction of sp³-hybridized carbons (Fsp3) is 0.0909. The summed E-state index contributed by atoms with van der Waals surface area (Å²) < 4.78 is 22.4. The normalized spacial score (nSPS) is 11.7. The maximum absolute atomic E-state index is 11.4. The van der Waals surface area contributed by atoms with Crippen LogP contribution in [0, 0.1) is 0 Å². The van der Waals surface area contributed by atoms with Crippen LogP contribution in [0.5, 0.6) is 0 Å². The number of sulfonamides is 1. The van der Waals surface area contributed by atoms with Crippen molar-refractivity contribution in [1.82, 2.24) is 0 Å². The van der Waals surface area contributed by atoms with Gasteiger partial charge in [0.25, 0.3) is 0 Å². The predicted molar refractivity (Wildman–Crippen MR) is 68.3 cm³/mol. The molecule has 0 saturated carbocycles. The van der Waals surface area contributed by atoms with E-state index in [9.17, 15) is 18.0 Å². The number of carbonyl (C=O) groups excluding carboxylic acids is 1. The summed E-state index contributed by atoms with van der Waals surface area (Å²) in [6.45, 7) is 0. The Bertz CT molecular complexity index is 651. The number of halogens is 1. The van der Waals surface area contributed by atoms with Gasteiger partial charge in [0.15, 0.2) is 5.78 Å². The molecule has 102 valence electrons. The first-order chi connectivity index (χ1) is 8.70. The molecule has 0 aliphatic heterocycles. The summed E-state index contributed by atoms with van der Waals surface area (Å²) in [4.78, 5) is 21.4. The van der Waals surface area contributed by atoms with E-state index in [-0.39, 0.29) is 16.3 Å². The molecule has 0 heterocycles. The highest BCUT2D eigenvalue weighted by Crippen LogP contribution is 2.21. The van der Waals surface area contributed by atoms with Crippen LogP contribution in [0.4, 0.5) is 0 Å². The van der Waals surface area contributed by atoms with Crippen molar-refractivity contribution in [3.8, 4) is 0 Å². The van der Waals surface area contributed by atoms with Gasteiger partial charge in [-0.25, -0.2) is 18.4 Å². The van der Waals surface area contributed by atoms with E-state index in [1.807, 2.05) is 0 Å². The van der Waals surface area contributed by atoms with Crippen molar-refractivity contribution >= 4 is 33.4 Å². The Balaban J connectivity index is 2.99. The van der Waals surface area contributed by atoms with Crippen molar-refractivity contribution in [2.45, 2.75) is 11.3 Å². The number of allylic oxidation sites excluding steroid dienone is 1. The average molecular weight is 304 g/mol. The third-order valence-corrected chi connectivity index (χ3v) is 3.48. The number of hydrogen-bond acceptors (Lipinski definition) is 4. The van der Waals surface area contributed by atoms with Crippen molar-refractivity contribution in [2.75, 3.05) is 0 Å². The van der Waals surface area contributed by atoms with Crippen LogP contribution in [0.2, 0.25) is 5.02 Å². The standard InChI is InChI=1S/C11H10ClNO5S/c12-9-3-1-7(6-10(9)19(13,17)18)5-8(14)2-4-11(15)16/h1-4,6H,5H2,(H,15,16)(H2,13,17,18)/b4-2+. The van der Waals surface area contributed by atoms with Gasteiger partial charge in [0.2, 0.25) is 10.0 Å². The zero-order chi connectivity index (χ0) is 14.6. The van der Waals surface area contributed by atoms with E-state index in [0.29, 0.717) is 11.6 Å². The fourth-order valence-corrected chi connectivity index (χ4v) is 2.40. The first-order valence-corrected chi connectivity index (χ1v) is 6.87. The zero-order valence-corrected chi connectivity index (χ0v) is 11.1. The lowest BCUT2D eigenvalue weighted by Crippen LogP contribution is -2.13. The largest absolute Gasteiger partial charge is 0.478 e. The van der Waals surface area contributed by atoms with Crippen molar-refractivity contribution in [1.29, 1.82) is 0 Å². The lowest BCUT2D eigenvalue weighted by molar-refractivity contribution is -0.131. The van der Waals surface area contributed by atoms with E-state index in [4.69, 9.17) is 21.8 Å². The summed E-state index contributed by atoms with van der Waals surface area (Å²) in [5, 5.41) is 13.3. The van der Waals surface area contributed by atoms with Crippen LogP contribution in [0.3, 0.4) is 0 Å². The van der Waals surface area contributed by atoms with Gasteiger partial charge < -0.3 is 5.11 Å². The van der Waals surface area contributed by atoms with E-state index in [0.717, 1.165) is 6.08 Å². The van der Waals surface area contributed by atoms with Crippen molar-refractivity contribution in [2.24, 2.45) is 5.14 Å². The molecule has 0 amide bonds. The second kappa shape index (κ2) is 5.96. The molecule has 1 rings (SSSR count). The number of benzene rings is 1. The van der Waals surface area contributed by atoms with Crippen LogP contribution < -0.4 is 5.14 Å². The second-order valence-corrected chi connectivity index (χ2v) is 5.56. The quantitative estimate of drug-likeness (QED) is 0.779. The first kappa shape index (κ1) is 15.4. The number of primary sulfonamides is 1. The van der Waals surface area contributed by atoms with Gasteiger partial charge in [-0.2, -0.15) is 0 Å². The summed E-state index contributed by atoms with van der Waals surface area (Å²) in [5.41, 5.74) is 0.369. The third-order valence-electron chi connectivity index (χ3n) is 2.09. The van der Waals surface area contributed by atoms with Gasteiger partial charge in [0.05, 0.1) is 5.02 Å². The van der Waals surface area contributed by atoms with Crippen LogP contribution in [0.1, 0.15) is 5.56 Å². The van der Waals surface area contributed by atoms with Gasteiger partial charge in [0, 0.05) is 12.5 Å². The highest BCUT2D eigenvalue weighted by atomic mass is 35.5. The van der Waals surface area contributed by atoms with Crippen LogP contribution in [-0.4, -0.2) is 25.3 Å². The molecule has 1 aromatic carbocycles. The molecule has 6 nitrogen and oxygen atoms in total. The second-order valence-electron chi connectivity index (χ2n) is 3.62. The Kier molecular flexibility index (Phi) is 4.82. The van der Waals surface area contributed by atoms with E-state index in [1.165, 1.54) is 18.2 Å². The van der Waals surface area contributed by atoms with Crippen LogP contribution >= 0.6 is 11.6 Å². The van der Waals surface area contributed by atoms with Gasteiger partial charge in [-0.3, -0.25) is 4.79 Å². The molecule has 3 N–H and O–H groups in total. The summed E-state index contributed by atoms with van der Waals surface area (Å²) in [6.07, 6.45) is 1.45. The van der Waals surface area contributed by atoms with Crippen molar-refractivity contribution in [3.63, 3.8) is 0 Å². The predicted octanol–water partition coefficient (Wildman–Crippen LogP) is 0.740. The molecule has 0 radical (unpaired) electrons. The first-order valence-electron chi connectivity index (χ1n) is 4.95. The lowest BCUT2D eigenvalue weighted by atomic mass is 10.1. The smallest absolute Gasteiger partial charge is 0.328 e. The molecule has 0 aliphatic rings. The average Bonchev–Trinajstić information content (AvgIpc) is 2.27. The highest BCUT2D eigenvalue weighted by molar-refractivity contribution is 7.89. The number of rotatable bonds is 5. The SMILES string of the molecule is NS(=O)(=O)c1cc(CC(=O)/C=C/C(=O)O)ccc1Cl. The monoisotopic (exact) mass is 303 g/mol. The highest BCUT2D eigenvalue weighted by Gasteiger charge is 2.14. The third kappa shape index (κ3) is 4.82.